The summed E-state index contributed by atoms with van der Waals surface area (Å²) in [4.78, 5) is 0.0467. The van der Waals surface area contributed by atoms with Gasteiger partial charge in [-0.15, -0.1) is 0 Å². The highest BCUT2D eigenvalue weighted by Crippen LogP contribution is 2.24. The first-order valence-electron chi connectivity index (χ1n) is 6.13. The lowest BCUT2D eigenvalue weighted by molar-refractivity contribution is 0.335. The van der Waals surface area contributed by atoms with Gasteiger partial charge in [-0.1, -0.05) is 37.9 Å². The normalized spacial score (nSPS) is 21.1. The molecule has 17 heavy (non-hydrogen) atoms. The molecule has 100 valence electrons. The fourth-order valence-corrected chi connectivity index (χ4v) is 4.01. The van der Waals surface area contributed by atoms with Crippen molar-refractivity contribution in [1.82, 2.24) is 4.31 Å². The van der Waals surface area contributed by atoms with Gasteiger partial charge < -0.3 is 5.73 Å². The van der Waals surface area contributed by atoms with Crippen molar-refractivity contribution in [3.63, 3.8) is 0 Å². The number of nitrogens with two attached hydrogens (primary N) is 1. The summed E-state index contributed by atoms with van der Waals surface area (Å²) in [6, 6.07) is 0.110. The molecule has 0 aromatic rings. The Bertz CT molecular complexity index is 360. The molecule has 0 spiro atoms. The van der Waals surface area contributed by atoms with Gasteiger partial charge in [0.2, 0.25) is 10.0 Å². The maximum Gasteiger partial charge on any atom is 0.223 e. The molecule has 0 aromatic heterocycles. The third kappa shape index (κ3) is 3.63. The molecule has 0 heterocycles. The van der Waals surface area contributed by atoms with E-state index in [1.54, 1.807) is 14.0 Å². The zero-order valence-corrected chi connectivity index (χ0v) is 12.2. The molecular weight excluding hydrogens is 256 g/mol. The van der Waals surface area contributed by atoms with E-state index in [0.29, 0.717) is 0 Å². The Hall–Kier alpha value is -0.200. The number of hydrogen-bond donors (Lipinski definition) is 1. The summed E-state index contributed by atoms with van der Waals surface area (Å²) in [7, 11) is -1.73. The van der Waals surface area contributed by atoms with Crippen LogP contribution >= 0.6 is 12.2 Å². The van der Waals surface area contributed by atoms with Gasteiger partial charge in [-0.2, -0.15) is 0 Å². The van der Waals surface area contributed by atoms with Crippen molar-refractivity contribution in [2.45, 2.75) is 56.7 Å². The van der Waals surface area contributed by atoms with E-state index in [4.69, 9.17) is 18.0 Å². The lowest BCUT2D eigenvalue weighted by Gasteiger charge is -2.28. The van der Waals surface area contributed by atoms with E-state index >= 15 is 0 Å². The second-order valence-corrected chi connectivity index (χ2v) is 7.54. The average molecular weight is 278 g/mol. The van der Waals surface area contributed by atoms with Crippen LogP contribution < -0.4 is 5.73 Å². The smallest absolute Gasteiger partial charge is 0.223 e. The highest BCUT2D eigenvalue weighted by atomic mass is 32.2. The Balaban J connectivity index is 2.79. The predicted octanol–water partition coefficient (Wildman–Crippen LogP) is 1.65. The highest BCUT2D eigenvalue weighted by Gasteiger charge is 2.32. The molecule has 0 saturated heterocycles. The van der Waals surface area contributed by atoms with Crippen molar-refractivity contribution in [3.05, 3.63) is 0 Å². The maximum atomic E-state index is 12.2. The van der Waals surface area contributed by atoms with Crippen molar-refractivity contribution in [3.8, 4) is 0 Å². The summed E-state index contributed by atoms with van der Waals surface area (Å²) < 4.78 is 26.0. The first-order chi connectivity index (χ1) is 7.87. The van der Waals surface area contributed by atoms with Gasteiger partial charge in [0.05, 0.1) is 4.99 Å². The molecule has 0 aliphatic heterocycles. The molecule has 0 bridgehead atoms. The molecule has 1 atom stereocenters. The predicted molar refractivity (Wildman–Crippen MR) is 74.4 cm³/mol. The summed E-state index contributed by atoms with van der Waals surface area (Å²) in [6.07, 6.45) is 6.50. The standard InChI is InChI=1S/C11H22N2O2S2/c1-9(11(12)16)17(14,15)13(2)10-7-5-3-4-6-8-10/h9-10H,3-8H2,1-2H3,(H2,12,16). The van der Waals surface area contributed by atoms with Crippen LogP contribution in [0.4, 0.5) is 0 Å². The van der Waals surface area contributed by atoms with Gasteiger partial charge in [0, 0.05) is 13.1 Å². The molecule has 1 aliphatic carbocycles. The second-order valence-electron chi connectivity index (χ2n) is 4.75. The van der Waals surface area contributed by atoms with Gasteiger partial charge in [-0.05, 0) is 19.8 Å². The summed E-state index contributed by atoms with van der Waals surface area (Å²) in [5, 5.41) is -0.772. The van der Waals surface area contributed by atoms with Crippen LogP contribution in [0.25, 0.3) is 0 Å². The minimum absolute atomic E-state index is 0.0467. The first-order valence-corrected chi connectivity index (χ1v) is 8.04. The van der Waals surface area contributed by atoms with Crippen molar-refractivity contribution < 1.29 is 8.42 Å². The van der Waals surface area contributed by atoms with Gasteiger partial charge in [0.15, 0.2) is 0 Å². The molecule has 1 saturated carbocycles. The van der Waals surface area contributed by atoms with E-state index in [9.17, 15) is 8.42 Å². The van der Waals surface area contributed by atoms with Crippen LogP contribution in [-0.4, -0.2) is 36.1 Å². The van der Waals surface area contributed by atoms with Crippen LogP contribution in [-0.2, 0) is 10.0 Å². The lowest BCUT2D eigenvalue weighted by atomic mass is 10.1. The number of nitrogens with zero attached hydrogens (tertiary/aromatic N) is 1. The second kappa shape index (κ2) is 6.11. The largest absolute Gasteiger partial charge is 0.392 e. The Kier molecular flexibility index (Phi) is 5.34. The van der Waals surface area contributed by atoms with Crippen LogP contribution in [0.1, 0.15) is 45.4 Å². The molecule has 0 amide bonds. The molecule has 0 aromatic carbocycles. The number of rotatable bonds is 4. The third-order valence-electron chi connectivity index (χ3n) is 3.59. The average Bonchev–Trinajstić information content (AvgIpc) is 2.55. The van der Waals surface area contributed by atoms with Crippen molar-refractivity contribution in [2.75, 3.05) is 7.05 Å². The van der Waals surface area contributed by atoms with E-state index < -0.39 is 15.3 Å². The zero-order chi connectivity index (χ0) is 13.1. The van der Waals surface area contributed by atoms with E-state index in [0.717, 1.165) is 25.7 Å². The van der Waals surface area contributed by atoms with E-state index in [1.165, 1.54) is 17.1 Å². The monoisotopic (exact) mass is 278 g/mol. The van der Waals surface area contributed by atoms with E-state index in [2.05, 4.69) is 0 Å². The van der Waals surface area contributed by atoms with Gasteiger partial charge in [0.25, 0.3) is 0 Å². The maximum absolute atomic E-state index is 12.2. The van der Waals surface area contributed by atoms with Crippen LogP contribution in [0.15, 0.2) is 0 Å². The lowest BCUT2D eigenvalue weighted by Crippen LogP contribution is -2.45. The van der Waals surface area contributed by atoms with Gasteiger partial charge >= 0.3 is 0 Å². The number of thiocarbonyl (C=S) groups is 1. The molecule has 1 aliphatic rings. The summed E-state index contributed by atoms with van der Waals surface area (Å²) in [5.41, 5.74) is 5.45. The first kappa shape index (κ1) is 14.9. The van der Waals surface area contributed by atoms with E-state index in [1.807, 2.05) is 0 Å². The fourth-order valence-electron chi connectivity index (χ4n) is 2.23. The van der Waals surface area contributed by atoms with Crippen molar-refractivity contribution >= 4 is 27.2 Å². The molecule has 2 N–H and O–H groups in total. The van der Waals surface area contributed by atoms with Crippen LogP contribution in [0.3, 0.4) is 0 Å². The molecule has 6 heteroatoms. The zero-order valence-electron chi connectivity index (χ0n) is 10.6. The number of sulfonamides is 1. The quantitative estimate of drug-likeness (QED) is 0.627. The molecule has 0 radical (unpaired) electrons. The molecule has 4 nitrogen and oxygen atoms in total. The summed E-state index contributed by atoms with van der Waals surface area (Å²) >= 11 is 4.79. The molecule has 1 fully saturated rings. The minimum Gasteiger partial charge on any atom is -0.392 e. The third-order valence-corrected chi connectivity index (χ3v) is 6.34. The fraction of sp³-hybridized carbons (Fsp3) is 0.909. The molecule has 1 unspecified atom stereocenters. The minimum atomic E-state index is -3.39. The summed E-state index contributed by atoms with van der Waals surface area (Å²) in [5.74, 6) is 0. The van der Waals surface area contributed by atoms with Crippen LogP contribution in [0.5, 0.6) is 0 Å². The molecular formula is C11H22N2O2S2. The van der Waals surface area contributed by atoms with Crippen molar-refractivity contribution in [2.24, 2.45) is 5.73 Å². The van der Waals surface area contributed by atoms with Crippen LogP contribution in [0.2, 0.25) is 0 Å². The topological polar surface area (TPSA) is 63.4 Å². The summed E-state index contributed by atoms with van der Waals surface area (Å²) in [6.45, 7) is 1.56. The van der Waals surface area contributed by atoms with Crippen LogP contribution in [0, 0.1) is 0 Å². The van der Waals surface area contributed by atoms with Gasteiger partial charge in [-0.3, -0.25) is 0 Å². The van der Waals surface area contributed by atoms with Crippen molar-refractivity contribution in [1.29, 1.82) is 0 Å². The Morgan fingerprint density at radius 3 is 2.18 bits per heavy atom. The highest BCUT2D eigenvalue weighted by molar-refractivity contribution is 7.92. The molecule has 1 rings (SSSR count). The van der Waals surface area contributed by atoms with Gasteiger partial charge in [-0.25, -0.2) is 12.7 Å². The Morgan fingerprint density at radius 2 is 1.76 bits per heavy atom. The Labute approximate surface area is 110 Å². The Morgan fingerprint density at radius 1 is 1.29 bits per heavy atom. The SMILES string of the molecule is CC(C(N)=S)S(=O)(=O)N(C)C1CCCCCC1. The number of hydrogen-bond acceptors (Lipinski definition) is 3. The van der Waals surface area contributed by atoms with E-state index in [-0.39, 0.29) is 11.0 Å². The van der Waals surface area contributed by atoms with Gasteiger partial charge in [0.1, 0.15) is 5.25 Å².